The predicted octanol–water partition coefficient (Wildman–Crippen LogP) is 1.47. The lowest BCUT2D eigenvalue weighted by atomic mass is 10.0. The number of nitrogens with one attached hydrogen (secondary N) is 2. The normalized spacial score (nSPS) is 24.5. The van der Waals surface area contributed by atoms with Crippen molar-refractivity contribution in [3.8, 4) is 5.75 Å². The Hall–Kier alpha value is -1.38. The fourth-order valence-electron chi connectivity index (χ4n) is 1.92. The molecule has 8 heteroatoms. The van der Waals surface area contributed by atoms with Crippen molar-refractivity contribution in [3.63, 3.8) is 0 Å². The van der Waals surface area contributed by atoms with Crippen molar-refractivity contribution < 1.29 is 19.4 Å². The molecule has 1 atom stereocenters. The van der Waals surface area contributed by atoms with Gasteiger partial charge in [-0.05, 0) is 34.1 Å². The van der Waals surface area contributed by atoms with Crippen LogP contribution in [0.3, 0.4) is 0 Å². The molecular weight excluding hydrogens is 384 g/mol. The van der Waals surface area contributed by atoms with Crippen LogP contribution in [0.4, 0.5) is 4.79 Å². The zero-order chi connectivity index (χ0) is 13.8. The summed E-state index contributed by atoms with van der Waals surface area (Å²) in [5.74, 6) is -2.51. The third kappa shape index (κ3) is 1.96. The van der Waals surface area contributed by atoms with Crippen molar-refractivity contribution in [1.82, 2.24) is 10.6 Å². The lowest BCUT2D eigenvalue weighted by Gasteiger charge is -2.37. The predicted molar refractivity (Wildman–Crippen MR) is 72.1 cm³/mol. The van der Waals surface area contributed by atoms with Gasteiger partial charge < -0.3 is 9.84 Å². The zero-order valence-electron chi connectivity index (χ0n) is 9.16. The van der Waals surface area contributed by atoms with Gasteiger partial charge in [-0.1, -0.05) is 15.9 Å². The summed E-state index contributed by atoms with van der Waals surface area (Å²) < 4.78 is 6.74. The molecule has 0 radical (unpaired) electrons. The van der Waals surface area contributed by atoms with Crippen LogP contribution in [0.15, 0.2) is 26.7 Å². The first kappa shape index (κ1) is 12.6. The summed E-state index contributed by atoms with van der Waals surface area (Å²) in [5, 5.41) is 14.5. The first-order valence-corrected chi connectivity index (χ1v) is 6.74. The highest BCUT2D eigenvalue weighted by Gasteiger charge is 2.47. The van der Waals surface area contributed by atoms with E-state index >= 15 is 0 Å². The number of carbonyl (C=O) groups is 2. The van der Waals surface area contributed by atoms with Crippen LogP contribution >= 0.6 is 31.9 Å². The molecule has 0 spiro atoms. The van der Waals surface area contributed by atoms with Crippen molar-refractivity contribution in [3.05, 3.63) is 32.2 Å². The molecule has 1 aromatic carbocycles. The van der Waals surface area contributed by atoms with Gasteiger partial charge in [-0.25, -0.2) is 4.79 Å². The third-order valence-electron chi connectivity index (χ3n) is 2.71. The molecule has 19 heavy (non-hydrogen) atoms. The van der Waals surface area contributed by atoms with E-state index in [0.717, 1.165) is 4.47 Å². The number of rotatable bonds is 0. The molecular formula is C11H6Br2N2O4. The number of hydrogen-bond donors (Lipinski definition) is 3. The Morgan fingerprint density at radius 2 is 2.00 bits per heavy atom. The third-order valence-corrected chi connectivity index (χ3v) is 3.75. The second-order valence-corrected chi connectivity index (χ2v) is 5.79. The molecule has 6 nitrogen and oxygen atoms in total. The summed E-state index contributed by atoms with van der Waals surface area (Å²) in [6.45, 7) is 0. The van der Waals surface area contributed by atoms with Gasteiger partial charge in [-0.2, -0.15) is 0 Å². The quantitative estimate of drug-likeness (QED) is 0.627. The average molecular weight is 390 g/mol. The minimum atomic E-state index is -2.15. The molecule has 2 aliphatic rings. The number of benzene rings is 1. The maximum absolute atomic E-state index is 11.7. The number of carbonyl (C=O) groups excluding carboxylic acids is 2. The van der Waals surface area contributed by atoms with Gasteiger partial charge in [-0.3, -0.25) is 15.4 Å². The topological polar surface area (TPSA) is 87.7 Å². The number of hydrogen-bond acceptors (Lipinski definition) is 4. The summed E-state index contributed by atoms with van der Waals surface area (Å²) in [7, 11) is 0. The molecule has 2 heterocycles. The summed E-state index contributed by atoms with van der Waals surface area (Å²) in [4.78, 5) is 23.0. The zero-order valence-corrected chi connectivity index (χ0v) is 12.3. The highest BCUT2D eigenvalue weighted by molar-refractivity contribution is 9.11. The molecule has 3 amide bonds. The van der Waals surface area contributed by atoms with Crippen molar-refractivity contribution in [2.24, 2.45) is 0 Å². The van der Waals surface area contributed by atoms with E-state index in [4.69, 9.17) is 4.74 Å². The Labute approximate surface area is 124 Å². The van der Waals surface area contributed by atoms with Gasteiger partial charge in [0.25, 0.3) is 5.91 Å². The smallest absolute Gasteiger partial charge is 0.327 e. The number of urea groups is 1. The highest BCUT2D eigenvalue weighted by Crippen LogP contribution is 2.41. The second kappa shape index (κ2) is 4.06. The van der Waals surface area contributed by atoms with E-state index in [1.165, 1.54) is 6.08 Å². The van der Waals surface area contributed by atoms with Crippen LogP contribution in [-0.4, -0.2) is 23.0 Å². The standard InChI is InChI=1S/C11H6Br2N2O4/c12-5-1-4-2-6-9(16)14-10(17)15-11(6,18)19-8(4)7(13)3-5/h1-3,18H,(H2,14,15,16,17). The Morgan fingerprint density at radius 1 is 1.26 bits per heavy atom. The fourth-order valence-corrected chi connectivity index (χ4v) is 3.26. The van der Waals surface area contributed by atoms with Crippen LogP contribution in [0.5, 0.6) is 5.75 Å². The van der Waals surface area contributed by atoms with E-state index in [-0.39, 0.29) is 5.57 Å². The molecule has 3 rings (SSSR count). The Morgan fingerprint density at radius 3 is 2.74 bits per heavy atom. The number of amides is 3. The summed E-state index contributed by atoms with van der Waals surface area (Å²) in [5.41, 5.74) is 0.525. The average Bonchev–Trinajstić information content (AvgIpc) is 2.27. The molecule has 3 N–H and O–H groups in total. The summed E-state index contributed by atoms with van der Waals surface area (Å²) in [6.07, 6.45) is 1.46. The maximum atomic E-state index is 11.7. The van der Waals surface area contributed by atoms with Crippen molar-refractivity contribution >= 4 is 49.9 Å². The lowest BCUT2D eigenvalue weighted by Crippen LogP contribution is -2.65. The Kier molecular flexibility index (Phi) is 2.70. The first-order valence-electron chi connectivity index (χ1n) is 5.15. The lowest BCUT2D eigenvalue weighted by molar-refractivity contribution is -0.145. The number of ether oxygens (including phenoxy) is 1. The molecule has 1 saturated heterocycles. The number of halogens is 2. The Bertz CT molecular complexity index is 658. The van der Waals surface area contributed by atoms with Crippen LogP contribution < -0.4 is 15.4 Å². The number of aliphatic hydroxyl groups is 1. The first-order chi connectivity index (χ1) is 8.89. The second-order valence-electron chi connectivity index (χ2n) is 4.02. The monoisotopic (exact) mass is 388 g/mol. The molecule has 0 saturated carbocycles. The van der Waals surface area contributed by atoms with Gasteiger partial charge >= 0.3 is 11.9 Å². The van der Waals surface area contributed by atoms with E-state index in [2.05, 4.69) is 37.2 Å². The van der Waals surface area contributed by atoms with E-state index < -0.39 is 17.8 Å². The number of imide groups is 1. The summed E-state index contributed by atoms with van der Waals surface area (Å²) >= 11 is 6.61. The molecule has 0 aliphatic carbocycles. The van der Waals surface area contributed by atoms with Gasteiger partial charge in [0, 0.05) is 10.0 Å². The van der Waals surface area contributed by atoms with E-state index in [9.17, 15) is 14.7 Å². The van der Waals surface area contributed by atoms with Gasteiger partial charge in [0.15, 0.2) is 0 Å². The minimum Gasteiger partial charge on any atom is -0.439 e. The molecule has 0 aromatic heterocycles. The summed E-state index contributed by atoms with van der Waals surface area (Å²) in [6, 6.07) is 2.64. The molecule has 2 aliphatic heterocycles. The van der Waals surface area contributed by atoms with Gasteiger partial charge in [-0.15, -0.1) is 0 Å². The van der Waals surface area contributed by atoms with Crippen LogP contribution in [-0.2, 0) is 4.79 Å². The van der Waals surface area contributed by atoms with Crippen molar-refractivity contribution in [2.75, 3.05) is 0 Å². The van der Waals surface area contributed by atoms with Crippen LogP contribution in [0.1, 0.15) is 5.56 Å². The SMILES string of the molecule is O=C1NC(=O)C2=Cc3cc(Br)cc(Br)c3OC2(O)N1. The molecule has 98 valence electrons. The fraction of sp³-hybridized carbons (Fsp3) is 0.0909. The van der Waals surface area contributed by atoms with Crippen LogP contribution in [0.25, 0.3) is 6.08 Å². The molecule has 1 aromatic rings. The van der Waals surface area contributed by atoms with Gasteiger partial charge in [0.1, 0.15) is 11.3 Å². The maximum Gasteiger partial charge on any atom is 0.327 e. The van der Waals surface area contributed by atoms with Crippen LogP contribution in [0, 0.1) is 0 Å². The van der Waals surface area contributed by atoms with Crippen molar-refractivity contribution in [1.29, 1.82) is 0 Å². The van der Waals surface area contributed by atoms with Crippen LogP contribution in [0.2, 0.25) is 0 Å². The number of fused-ring (bicyclic) bond motifs is 2. The van der Waals surface area contributed by atoms with Gasteiger partial charge in [0.2, 0.25) is 0 Å². The van der Waals surface area contributed by atoms with E-state index in [1.807, 2.05) is 5.32 Å². The molecule has 0 bridgehead atoms. The van der Waals surface area contributed by atoms with Gasteiger partial charge in [0.05, 0.1) is 4.47 Å². The Balaban J connectivity index is 2.20. The van der Waals surface area contributed by atoms with Crippen molar-refractivity contribution in [2.45, 2.75) is 5.91 Å². The molecule has 1 unspecified atom stereocenters. The minimum absolute atomic E-state index is 0.0791. The largest absolute Gasteiger partial charge is 0.439 e. The molecule has 1 fully saturated rings. The highest BCUT2D eigenvalue weighted by atomic mass is 79.9. The van der Waals surface area contributed by atoms with E-state index in [1.54, 1.807) is 12.1 Å². The van der Waals surface area contributed by atoms with E-state index in [0.29, 0.717) is 15.8 Å².